The monoisotopic (exact) mass is 1100 g/mol. The molecule has 0 aromatic rings. The second-order valence-electron chi connectivity index (χ2n) is 26.1. The molecular formula is C54H88O23. The highest BCUT2D eigenvalue weighted by molar-refractivity contribution is 5.79. The van der Waals surface area contributed by atoms with E-state index in [1.807, 2.05) is 6.92 Å². The Morgan fingerprint density at radius 2 is 1.08 bits per heavy atom. The first-order valence-corrected chi connectivity index (χ1v) is 27.9. The molecule has 4 heterocycles. The lowest BCUT2D eigenvalue weighted by atomic mass is 9.33. The van der Waals surface area contributed by atoms with E-state index >= 15 is 0 Å². The van der Waals surface area contributed by atoms with Crippen LogP contribution >= 0.6 is 0 Å². The van der Waals surface area contributed by atoms with E-state index in [-0.39, 0.29) is 46.0 Å². The Labute approximate surface area is 449 Å². The second kappa shape index (κ2) is 21.8. The van der Waals surface area contributed by atoms with Crippen LogP contribution in [0.1, 0.15) is 113 Å². The summed E-state index contributed by atoms with van der Waals surface area (Å²) in [5, 5.41) is 151. The maximum atomic E-state index is 14.8. The number of fused-ring (bicyclic) bond motifs is 7. The van der Waals surface area contributed by atoms with E-state index in [4.69, 9.17) is 37.9 Å². The van der Waals surface area contributed by atoms with Crippen LogP contribution in [-0.2, 0) is 42.7 Å². The van der Waals surface area contributed by atoms with E-state index in [0.29, 0.717) is 51.4 Å². The zero-order chi connectivity index (χ0) is 56.3. The molecule has 0 aromatic carbocycles. The Kier molecular flexibility index (Phi) is 17.0. The van der Waals surface area contributed by atoms with Crippen molar-refractivity contribution in [3.63, 3.8) is 0 Å². The molecule has 0 spiro atoms. The van der Waals surface area contributed by atoms with Crippen LogP contribution in [0.3, 0.4) is 0 Å². The minimum atomic E-state index is -1.90. The molecule has 442 valence electrons. The molecule has 23 heteroatoms. The molecule has 8 fully saturated rings. The zero-order valence-electron chi connectivity index (χ0n) is 45.3. The van der Waals surface area contributed by atoms with Crippen molar-refractivity contribution in [2.45, 2.75) is 242 Å². The molecule has 5 aliphatic carbocycles. The average Bonchev–Trinajstić information content (AvgIpc) is 3.56. The van der Waals surface area contributed by atoms with E-state index in [0.717, 1.165) is 12.8 Å². The first-order chi connectivity index (χ1) is 36.1. The van der Waals surface area contributed by atoms with Gasteiger partial charge in [0.1, 0.15) is 91.6 Å². The molecule has 0 aromatic heterocycles. The third kappa shape index (κ3) is 9.70. The summed E-state index contributed by atoms with van der Waals surface area (Å²) < 4.78 is 48.5. The number of allylic oxidation sites excluding steroid dienone is 2. The molecule has 9 aliphatic rings. The number of hydrogen-bond acceptors (Lipinski definition) is 23. The predicted octanol–water partition coefficient (Wildman–Crippen LogP) is -2.04. The van der Waals surface area contributed by atoms with E-state index in [1.54, 1.807) is 0 Å². The SMILES string of the molecule is C[C@@H]1O[C@@H](O[C@H]2[C@H](O[C@H]3[C@H](O[C@H]4CC[C@@]5(C)C(CC[C@]6(C)C5CC=C5[C@@H]7CC(C)(C)CC[C@]7(C(=O)O[C@@H]7O[C@H](CO)[C@@H](O)[C@H](O)[C@H]7O)CC[C@]56C)[C@]4(C)CO)O[C@H](CO)[C@@H](O)[C@@H]3O)O[C@H](CO)[C@@H](O)[C@@H]2O)[C@H](O)[C@H](O)[C@H]1O. The van der Waals surface area contributed by atoms with Crippen LogP contribution in [0.2, 0.25) is 0 Å². The molecule has 4 saturated heterocycles. The van der Waals surface area contributed by atoms with E-state index in [1.165, 1.54) is 12.5 Å². The van der Waals surface area contributed by atoms with Crippen molar-refractivity contribution in [1.82, 2.24) is 0 Å². The quantitative estimate of drug-likeness (QED) is 0.0569. The van der Waals surface area contributed by atoms with Gasteiger partial charge in [-0.3, -0.25) is 4.79 Å². The van der Waals surface area contributed by atoms with Crippen molar-refractivity contribution < 1.29 is 114 Å². The minimum absolute atomic E-state index is 0.0953. The highest BCUT2D eigenvalue weighted by Crippen LogP contribution is 2.76. The first-order valence-electron chi connectivity index (χ1n) is 27.9. The van der Waals surface area contributed by atoms with Crippen molar-refractivity contribution in [3.8, 4) is 0 Å². The fourth-order valence-electron chi connectivity index (χ4n) is 16.4. The maximum Gasteiger partial charge on any atom is 0.315 e. The summed E-state index contributed by atoms with van der Waals surface area (Å²) in [5.41, 5.74) is -1.89. The summed E-state index contributed by atoms with van der Waals surface area (Å²) in [6, 6.07) is 0. The standard InChI is InChI=1S/C54H88O23/c1-23-32(59)36(63)40(67)44(70-23)75-43-39(66)35(62)28(21-57)73-47(43)76-42-38(65)34(61)27(20-56)72-46(42)74-31-11-12-50(4)29(51(31,5)22-58)10-13-53(7)30(50)9-8-24-25-18-49(2,3)14-16-54(25,17-15-52(24,53)6)48(69)77-45-41(68)37(64)33(60)26(19-55)71-45/h8,23,25-47,55-68H,9-22H2,1-7H3/t23-,25-,26+,27+,28+,29?,30?,31-,32-,33+,34+,35+,36+,37-,38-,39-,40+,41+,42+,43+,44-,45-,46-,47-,50-,51-,52+,53+,54-/m0/s1. The lowest BCUT2D eigenvalue weighted by Gasteiger charge is -2.71. The van der Waals surface area contributed by atoms with Crippen molar-refractivity contribution >= 4 is 5.97 Å². The van der Waals surface area contributed by atoms with Crippen LogP contribution < -0.4 is 0 Å². The molecule has 2 unspecified atom stereocenters. The Morgan fingerprint density at radius 1 is 0.558 bits per heavy atom. The number of ether oxygens (including phenoxy) is 8. The normalized spacial score (nSPS) is 54.7. The van der Waals surface area contributed by atoms with Gasteiger partial charge in [0.25, 0.3) is 0 Å². The molecular weight excluding hydrogens is 1020 g/mol. The molecule has 29 atom stereocenters. The molecule has 14 N–H and O–H groups in total. The van der Waals surface area contributed by atoms with Gasteiger partial charge in [-0.1, -0.05) is 53.2 Å². The first kappa shape index (κ1) is 60.0. The second-order valence-corrected chi connectivity index (χ2v) is 26.1. The van der Waals surface area contributed by atoms with Crippen molar-refractivity contribution in [2.24, 2.45) is 50.2 Å². The van der Waals surface area contributed by atoms with Crippen LogP contribution in [-0.4, -0.2) is 233 Å². The van der Waals surface area contributed by atoms with Crippen molar-refractivity contribution in [3.05, 3.63) is 11.6 Å². The van der Waals surface area contributed by atoms with Crippen LogP contribution in [0, 0.1) is 50.2 Å². The molecule has 9 rings (SSSR count). The summed E-state index contributed by atoms with van der Waals surface area (Å²) in [4.78, 5) is 14.8. The number of carbonyl (C=O) groups excluding carboxylic acids is 1. The summed E-state index contributed by atoms with van der Waals surface area (Å²) in [7, 11) is 0. The summed E-state index contributed by atoms with van der Waals surface area (Å²) in [5.74, 6) is -0.811. The van der Waals surface area contributed by atoms with Crippen LogP contribution in [0.25, 0.3) is 0 Å². The molecule has 0 amide bonds. The Morgan fingerprint density at radius 3 is 1.66 bits per heavy atom. The van der Waals surface area contributed by atoms with Crippen LogP contribution in [0.4, 0.5) is 0 Å². The van der Waals surface area contributed by atoms with Gasteiger partial charge in [0.05, 0.1) is 44.1 Å². The van der Waals surface area contributed by atoms with Gasteiger partial charge in [-0.15, -0.1) is 0 Å². The summed E-state index contributed by atoms with van der Waals surface area (Å²) in [6.45, 7) is 12.2. The largest absolute Gasteiger partial charge is 0.432 e. The van der Waals surface area contributed by atoms with Gasteiger partial charge >= 0.3 is 5.97 Å². The van der Waals surface area contributed by atoms with Gasteiger partial charge in [0, 0.05) is 5.41 Å². The molecule has 23 nitrogen and oxygen atoms in total. The highest BCUT2D eigenvalue weighted by atomic mass is 16.8. The van der Waals surface area contributed by atoms with Gasteiger partial charge in [-0.2, -0.15) is 0 Å². The van der Waals surface area contributed by atoms with Gasteiger partial charge < -0.3 is 109 Å². The maximum absolute atomic E-state index is 14.8. The van der Waals surface area contributed by atoms with Gasteiger partial charge in [-0.25, -0.2) is 0 Å². The summed E-state index contributed by atoms with van der Waals surface area (Å²) >= 11 is 0. The third-order valence-electron chi connectivity index (χ3n) is 21.5. The van der Waals surface area contributed by atoms with E-state index in [9.17, 15) is 76.3 Å². The fraction of sp³-hybridized carbons (Fsp3) is 0.944. The number of hydrogen-bond donors (Lipinski definition) is 14. The smallest absolute Gasteiger partial charge is 0.315 e. The molecule has 4 aliphatic heterocycles. The number of aliphatic hydroxyl groups excluding tert-OH is 14. The lowest BCUT2D eigenvalue weighted by molar-refractivity contribution is -0.398. The number of rotatable bonds is 12. The van der Waals surface area contributed by atoms with Gasteiger partial charge in [-0.05, 0) is 111 Å². The molecule has 77 heavy (non-hydrogen) atoms. The van der Waals surface area contributed by atoms with Crippen LogP contribution in [0.5, 0.6) is 0 Å². The number of aliphatic hydroxyl groups is 14. The number of carbonyl (C=O) groups is 1. The van der Waals surface area contributed by atoms with Crippen LogP contribution in [0.15, 0.2) is 11.6 Å². The molecule has 4 saturated carbocycles. The van der Waals surface area contributed by atoms with Crippen molar-refractivity contribution in [2.75, 3.05) is 26.4 Å². The van der Waals surface area contributed by atoms with Gasteiger partial charge in [0.2, 0.25) is 6.29 Å². The summed E-state index contributed by atoms with van der Waals surface area (Å²) in [6.07, 6.45) is -24.9. The lowest BCUT2D eigenvalue weighted by Crippen LogP contribution is -2.68. The van der Waals surface area contributed by atoms with Crippen molar-refractivity contribution in [1.29, 1.82) is 0 Å². The zero-order valence-corrected chi connectivity index (χ0v) is 45.3. The fourth-order valence-corrected chi connectivity index (χ4v) is 16.4. The Bertz CT molecular complexity index is 2120. The number of esters is 1. The van der Waals surface area contributed by atoms with E-state index in [2.05, 4.69) is 40.7 Å². The van der Waals surface area contributed by atoms with Gasteiger partial charge in [0.15, 0.2) is 18.9 Å². The predicted molar refractivity (Wildman–Crippen MR) is 263 cm³/mol. The Hall–Kier alpha value is -1.63. The highest BCUT2D eigenvalue weighted by Gasteiger charge is 2.71. The Balaban J connectivity index is 0.976. The average molecular weight is 1110 g/mol. The molecule has 0 radical (unpaired) electrons. The van der Waals surface area contributed by atoms with E-state index < -0.39 is 166 Å². The topological polar surface area (TPSA) is 374 Å². The molecule has 0 bridgehead atoms. The third-order valence-corrected chi connectivity index (χ3v) is 21.5. The minimum Gasteiger partial charge on any atom is -0.432 e.